The van der Waals surface area contributed by atoms with Crippen LogP contribution in [0.1, 0.15) is 76.0 Å². The van der Waals surface area contributed by atoms with Gasteiger partial charge in [-0.2, -0.15) is 0 Å². The molecule has 154 valence electrons. The molecule has 29 heavy (non-hydrogen) atoms. The van der Waals surface area contributed by atoms with Crippen LogP contribution in [-0.2, 0) is 16.6 Å². The van der Waals surface area contributed by atoms with E-state index in [2.05, 4.69) is 51.2 Å². The summed E-state index contributed by atoms with van der Waals surface area (Å²) in [4.78, 5) is 13.5. The molecule has 0 aromatic heterocycles. The van der Waals surface area contributed by atoms with Crippen molar-refractivity contribution < 1.29 is 4.79 Å². The molecule has 2 aromatic rings. The van der Waals surface area contributed by atoms with E-state index in [1.807, 2.05) is 24.3 Å². The van der Waals surface area contributed by atoms with E-state index in [4.69, 9.17) is 11.6 Å². The number of hydrogen-bond donors (Lipinski definition) is 1. The minimum absolute atomic E-state index is 0.0495. The highest BCUT2D eigenvalue weighted by atomic mass is 35.5. The third-order valence-electron chi connectivity index (χ3n) is 7.68. The number of hydrogen-bond acceptors (Lipinski definition) is 1. The minimum Gasteiger partial charge on any atom is -0.324 e. The van der Waals surface area contributed by atoms with Gasteiger partial charge in [0, 0.05) is 0 Å². The smallest absolute Gasteiger partial charge is 0.230 e. The molecule has 2 aliphatic rings. The van der Waals surface area contributed by atoms with Crippen molar-refractivity contribution in [1.82, 2.24) is 0 Å². The molecule has 0 aliphatic heterocycles. The number of amides is 1. The molecule has 0 heterocycles. The lowest BCUT2D eigenvalue weighted by molar-refractivity contribution is -0.133. The van der Waals surface area contributed by atoms with E-state index in [0.29, 0.717) is 22.5 Å². The molecule has 0 bridgehead atoms. The predicted molar refractivity (Wildman–Crippen MR) is 122 cm³/mol. The van der Waals surface area contributed by atoms with Crippen molar-refractivity contribution in [3.8, 4) is 0 Å². The Balaban J connectivity index is 1.68. The summed E-state index contributed by atoms with van der Waals surface area (Å²) < 4.78 is 0. The molecule has 2 aromatic carbocycles. The highest BCUT2D eigenvalue weighted by Crippen LogP contribution is 2.57. The number of nitrogens with one attached hydrogen (secondary N) is 1. The minimum atomic E-state index is -0.388. The zero-order chi connectivity index (χ0) is 20.8. The van der Waals surface area contributed by atoms with E-state index < -0.39 is 0 Å². The molecule has 2 aliphatic carbocycles. The summed E-state index contributed by atoms with van der Waals surface area (Å²) in [5.74, 6) is 0.997. The van der Waals surface area contributed by atoms with Crippen LogP contribution in [0, 0.1) is 11.3 Å². The first kappa shape index (κ1) is 20.5. The summed E-state index contributed by atoms with van der Waals surface area (Å²) in [5, 5.41) is 3.74. The number of para-hydroxylation sites is 1. The van der Waals surface area contributed by atoms with Gasteiger partial charge in [0.1, 0.15) is 0 Å². The lowest BCUT2D eigenvalue weighted by Crippen LogP contribution is -2.53. The molecule has 1 fully saturated rings. The summed E-state index contributed by atoms with van der Waals surface area (Å²) in [5.41, 5.74) is 4.75. The fraction of sp³-hybridized carbons (Fsp3) is 0.500. The number of aryl methyl sites for hydroxylation is 1. The molecule has 1 N–H and O–H groups in total. The molecule has 4 rings (SSSR count). The summed E-state index contributed by atoms with van der Waals surface area (Å²) in [6, 6.07) is 14.6. The van der Waals surface area contributed by atoms with Crippen LogP contribution in [0.25, 0.3) is 0 Å². The third kappa shape index (κ3) is 3.40. The molecule has 0 spiro atoms. The largest absolute Gasteiger partial charge is 0.324 e. The van der Waals surface area contributed by atoms with Crippen molar-refractivity contribution in [1.29, 1.82) is 0 Å². The zero-order valence-electron chi connectivity index (χ0n) is 18.0. The SMILES string of the molecule is CC(C)c1ccc2c(c1)CC[C@H]1[C@](C)(C(=O)Nc3ccccc3Cl)CCC[C@]21C. The Bertz CT molecular complexity index is 936. The van der Waals surface area contributed by atoms with Gasteiger partial charge < -0.3 is 5.32 Å². The number of halogens is 1. The van der Waals surface area contributed by atoms with Crippen LogP contribution in [0.15, 0.2) is 42.5 Å². The van der Waals surface area contributed by atoms with Crippen LogP contribution < -0.4 is 5.32 Å². The van der Waals surface area contributed by atoms with Gasteiger partial charge in [-0.15, -0.1) is 0 Å². The van der Waals surface area contributed by atoms with E-state index >= 15 is 0 Å². The number of carbonyl (C=O) groups is 1. The van der Waals surface area contributed by atoms with Gasteiger partial charge in [0.15, 0.2) is 0 Å². The Kier molecular flexibility index (Phi) is 5.27. The van der Waals surface area contributed by atoms with Gasteiger partial charge in [-0.1, -0.05) is 76.0 Å². The van der Waals surface area contributed by atoms with Crippen molar-refractivity contribution in [3.05, 3.63) is 64.2 Å². The van der Waals surface area contributed by atoms with Crippen LogP contribution in [-0.4, -0.2) is 5.91 Å². The van der Waals surface area contributed by atoms with Crippen LogP contribution in [0.2, 0.25) is 5.02 Å². The number of benzene rings is 2. The van der Waals surface area contributed by atoms with Gasteiger partial charge in [-0.05, 0) is 71.8 Å². The molecule has 1 saturated carbocycles. The van der Waals surface area contributed by atoms with Gasteiger partial charge in [-0.25, -0.2) is 0 Å². The molecule has 1 amide bonds. The Morgan fingerprint density at radius 2 is 1.90 bits per heavy atom. The molecule has 3 atom stereocenters. The maximum absolute atomic E-state index is 13.5. The summed E-state index contributed by atoms with van der Waals surface area (Å²) in [6.07, 6.45) is 5.29. The Labute approximate surface area is 180 Å². The van der Waals surface area contributed by atoms with Gasteiger partial charge in [-0.3, -0.25) is 4.79 Å². The lowest BCUT2D eigenvalue weighted by Gasteiger charge is -2.54. The Morgan fingerprint density at radius 1 is 1.14 bits per heavy atom. The summed E-state index contributed by atoms with van der Waals surface area (Å²) >= 11 is 6.31. The standard InChI is InChI=1S/C26H32ClNO/c1-17(2)18-10-12-20-19(16-18)11-13-23-25(20,3)14-7-15-26(23,4)24(29)28-22-9-6-5-8-21(22)27/h5-6,8-10,12,16-17,23H,7,11,13-15H2,1-4H3,(H,28,29)/t23-,25-,26-/m1/s1. The van der Waals surface area contributed by atoms with Gasteiger partial charge in [0.25, 0.3) is 0 Å². The van der Waals surface area contributed by atoms with Crippen LogP contribution in [0.3, 0.4) is 0 Å². The van der Waals surface area contributed by atoms with Crippen molar-refractivity contribution in [2.75, 3.05) is 5.32 Å². The van der Waals surface area contributed by atoms with E-state index in [9.17, 15) is 4.79 Å². The molecule has 0 radical (unpaired) electrons. The van der Waals surface area contributed by atoms with Crippen LogP contribution in [0.4, 0.5) is 5.69 Å². The monoisotopic (exact) mass is 409 g/mol. The summed E-state index contributed by atoms with van der Waals surface area (Å²) in [6.45, 7) is 9.08. The van der Waals surface area contributed by atoms with Crippen molar-refractivity contribution in [2.24, 2.45) is 11.3 Å². The first-order valence-corrected chi connectivity index (χ1v) is 11.3. The average molecular weight is 410 g/mol. The number of carbonyl (C=O) groups excluding carboxylic acids is 1. The van der Waals surface area contributed by atoms with E-state index in [-0.39, 0.29) is 16.7 Å². The summed E-state index contributed by atoms with van der Waals surface area (Å²) in [7, 11) is 0. The topological polar surface area (TPSA) is 29.1 Å². The van der Waals surface area contributed by atoms with Gasteiger partial charge in [0.2, 0.25) is 5.91 Å². The Hall–Kier alpha value is -1.80. The van der Waals surface area contributed by atoms with Crippen LogP contribution >= 0.6 is 11.6 Å². The van der Waals surface area contributed by atoms with Crippen LogP contribution in [0.5, 0.6) is 0 Å². The number of rotatable bonds is 3. The highest BCUT2D eigenvalue weighted by Gasteiger charge is 2.54. The average Bonchev–Trinajstić information content (AvgIpc) is 2.69. The van der Waals surface area contributed by atoms with Gasteiger partial charge in [0.05, 0.1) is 16.1 Å². The quantitative estimate of drug-likeness (QED) is 0.574. The number of anilines is 1. The van der Waals surface area contributed by atoms with Crippen molar-refractivity contribution in [3.63, 3.8) is 0 Å². The van der Waals surface area contributed by atoms with Crippen molar-refractivity contribution in [2.45, 2.75) is 71.1 Å². The maximum atomic E-state index is 13.5. The molecular weight excluding hydrogens is 378 g/mol. The van der Waals surface area contributed by atoms with E-state index in [0.717, 1.165) is 32.1 Å². The molecule has 3 heteroatoms. The highest BCUT2D eigenvalue weighted by molar-refractivity contribution is 6.33. The second-order valence-electron chi connectivity index (χ2n) is 9.79. The second kappa shape index (κ2) is 7.47. The molecule has 0 saturated heterocycles. The zero-order valence-corrected chi connectivity index (χ0v) is 18.8. The molecule has 2 nitrogen and oxygen atoms in total. The number of fused-ring (bicyclic) bond motifs is 3. The van der Waals surface area contributed by atoms with Crippen molar-refractivity contribution >= 4 is 23.2 Å². The fourth-order valence-electron chi connectivity index (χ4n) is 5.97. The van der Waals surface area contributed by atoms with E-state index in [1.165, 1.54) is 16.7 Å². The van der Waals surface area contributed by atoms with E-state index in [1.54, 1.807) is 0 Å². The second-order valence-corrected chi connectivity index (χ2v) is 10.2. The first-order chi connectivity index (χ1) is 13.8. The first-order valence-electron chi connectivity index (χ1n) is 10.9. The maximum Gasteiger partial charge on any atom is 0.230 e. The normalized spacial score (nSPS) is 28.6. The molecular formula is C26H32ClNO. The Morgan fingerprint density at radius 3 is 2.62 bits per heavy atom. The fourth-order valence-corrected chi connectivity index (χ4v) is 6.15. The predicted octanol–water partition coefficient (Wildman–Crippen LogP) is 7.11. The lowest BCUT2D eigenvalue weighted by atomic mass is 9.49. The molecule has 0 unspecified atom stereocenters. The van der Waals surface area contributed by atoms with Gasteiger partial charge >= 0.3 is 0 Å². The third-order valence-corrected chi connectivity index (χ3v) is 8.01.